The Kier molecular flexibility index (Phi) is 5.47. The maximum absolute atomic E-state index is 3.58. The van der Waals surface area contributed by atoms with Gasteiger partial charge in [0.15, 0.2) is 0 Å². The number of aryl methyl sites for hydroxylation is 1. The summed E-state index contributed by atoms with van der Waals surface area (Å²) in [7, 11) is 0. The second kappa shape index (κ2) is 6.87. The van der Waals surface area contributed by atoms with Crippen LogP contribution in [0.15, 0.2) is 29.0 Å². The Morgan fingerprint density at radius 3 is 2.88 bits per heavy atom. The van der Waals surface area contributed by atoms with Gasteiger partial charge in [-0.15, -0.1) is 22.7 Å². The molecule has 1 atom stereocenters. The van der Waals surface area contributed by atoms with Gasteiger partial charge in [0.05, 0.1) is 2.88 Å². The molecule has 0 aliphatic carbocycles. The molecule has 2 aromatic rings. The number of thiophene rings is 2. The van der Waals surface area contributed by atoms with Crippen LogP contribution in [-0.4, -0.2) is 6.54 Å². The van der Waals surface area contributed by atoms with Gasteiger partial charge in [-0.1, -0.05) is 13.0 Å². The van der Waals surface area contributed by atoms with E-state index in [-0.39, 0.29) is 0 Å². The first-order chi connectivity index (χ1) is 8.29. The van der Waals surface area contributed by atoms with Crippen molar-refractivity contribution < 1.29 is 0 Å². The number of hydrogen-bond acceptors (Lipinski definition) is 3. The smallest absolute Gasteiger partial charge is 0.0656 e. The normalized spacial score (nSPS) is 12.8. The number of nitrogens with one attached hydrogen (secondary N) is 1. The molecule has 0 amide bonds. The molecule has 0 aromatic carbocycles. The van der Waals surface area contributed by atoms with Gasteiger partial charge in [-0.3, -0.25) is 0 Å². The highest BCUT2D eigenvalue weighted by atomic mass is 127. The lowest BCUT2D eigenvalue weighted by atomic mass is 10.0. The minimum absolute atomic E-state index is 0.502. The van der Waals surface area contributed by atoms with Gasteiger partial charge in [0, 0.05) is 10.9 Å². The van der Waals surface area contributed by atoms with E-state index < -0.39 is 0 Å². The zero-order valence-corrected chi connectivity index (χ0v) is 13.6. The zero-order chi connectivity index (χ0) is 12.1. The van der Waals surface area contributed by atoms with E-state index in [0.29, 0.717) is 6.04 Å². The minimum atomic E-state index is 0.502. The van der Waals surface area contributed by atoms with Crippen molar-refractivity contribution in [2.75, 3.05) is 6.54 Å². The van der Waals surface area contributed by atoms with Crippen molar-refractivity contribution in [3.63, 3.8) is 0 Å². The first-order valence-corrected chi connectivity index (χ1v) is 8.63. The molecular weight excluding hydrogens is 361 g/mol. The minimum Gasteiger partial charge on any atom is -0.310 e. The lowest BCUT2D eigenvalue weighted by Crippen LogP contribution is -2.20. The van der Waals surface area contributed by atoms with Crippen LogP contribution < -0.4 is 5.32 Å². The molecule has 2 rings (SSSR count). The average Bonchev–Trinajstić information content (AvgIpc) is 2.95. The Balaban J connectivity index is 1.97. The summed E-state index contributed by atoms with van der Waals surface area (Å²) in [5, 5.41) is 8.02. The van der Waals surface area contributed by atoms with Crippen LogP contribution in [0.2, 0.25) is 0 Å². The van der Waals surface area contributed by atoms with E-state index in [2.05, 4.69) is 63.8 Å². The zero-order valence-electron chi connectivity index (χ0n) is 9.78. The predicted octanol–water partition coefficient (Wildman–Crippen LogP) is 4.70. The van der Waals surface area contributed by atoms with Crippen LogP contribution >= 0.6 is 45.3 Å². The SMILES string of the molecule is CCNC(CCc1cccs1)c1csc(I)c1. The third-order valence-electron chi connectivity index (χ3n) is 2.70. The predicted molar refractivity (Wildman–Crippen MR) is 86.1 cm³/mol. The fourth-order valence-electron chi connectivity index (χ4n) is 1.88. The van der Waals surface area contributed by atoms with Crippen LogP contribution in [0.25, 0.3) is 0 Å². The molecule has 1 unspecified atom stereocenters. The van der Waals surface area contributed by atoms with Crippen molar-refractivity contribution in [2.24, 2.45) is 0 Å². The molecule has 2 heterocycles. The molecule has 0 saturated carbocycles. The first-order valence-electron chi connectivity index (χ1n) is 5.79. The third kappa shape index (κ3) is 4.05. The number of halogens is 1. The third-order valence-corrected chi connectivity index (χ3v) is 5.44. The molecule has 2 aromatic heterocycles. The lowest BCUT2D eigenvalue weighted by molar-refractivity contribution is 0.518. The fraction of sp³-hybridized carbons (Fsp3) is 0.385. The van der Waals surface area contributed by atoms with E-state index in [1.165, 1.54) is 26.2 Å². The van der Waals surface area contributed by atoms with Crippen LogP contribution in [0.5, 0.6) is 0 Å². The van der Waals surface area contributed by atoms with Gasteiger partial charge in [0.25, 0.3) is 0 Å². The van der Waals surface area contributed by atoms with Gasteiger partial charge in [-0.2, -0.15) is 0 Å². The molecule has 1 nitrogen and oxygen atoms in total. The maximum Gasteiger partial charge on any atom is 0.0656 e. The van der Waals surface area contributed by atoms with E-state index in [9.17, 15) is 0 Å². The fourth-order valence-corrected chi connectivity index (χ4v) is 4.03. The average molecular weight is 377 g/mol. The summed E-state index contributed by atoms with van der Waals surface area (Å²) in [5.41, 5.74) is 1.44. The Bertz CT molecular complexity index is 436. The quantitative estimate of drug-likeness (QED) is 0.720. The van der Waals surface area contributed by atoms with Gasteiger partial charge >= 0.3 is 0 Å². The van der Waals surface area contributed by atoms with Crippen molar-refractivity contribution in [3.8, 4) is 0 Å². The summed E-state index contributed by atoms with van der Waals surface area (Å²) in [6.07, 6.45) is 2.35. The van der Waals surface area contributed by atoms with E-state index in [1.54, 1.807) is 0 Å². The highest BCUT2D eigenvalue weighted by Crippen LogP contribution is 2.26. The van der Waals surface area contributed by atoms with Gasteiger partial charge in [0.2, 0.25) is 0 Å². The highest BCUT2D eigenvalue weighted by Gasteiger charge is 2.12. The van der Waals surface area contributed by atoms with Crippen LogP contribution in [-0.2, 0) is 6.42 Å². The van der Waals surface area contributed by atoms with Gasteiger partial charge in [-0.25, -0.2) is 0 Å². The van der Waals surface area contributed by atoms with Crippen LogP contribution in [0.3, 0.4) is 0 Å². The molecule has 0 saturated heterocycles. The Labute approximate surface area is 124 Å². The summed E-state index contributed by atoms with van der Waals surface area (Å²) >= 11 is 6.08. The largest absolute Gasteiger partial charge is 0.310 e. The second-order valence-corrected chi connectivity index (χ2v) is 7.75. The molecule has 1 N–H and O–H groups in total. The van der Waals surface area contributed by atoms with Gasteiger partial charge < -0.3 is 5.32 Å². The molecular formula is C13H16INS2. The van der Waals surface area contributed by atoms with Crippen molar-refractivity contribution in [1.29, 1.82) is 0 Å². The molecule has 0 fully saturated rings. The van der Waals surface area contributed by atoms with E-state index >= 15 is 0 Å². The molecule has 92 valence electrons. The van der Waals surface area contributed by atoms with E-state index in [0.717, 1.165) is 6.54 Å². The van der Waals surface area contributed by atoms with Crippen LogP contribution in [0.4, 0.5) is 0 Å². The van der Waals surface area contributed by atoms with Crippen molar-refractivity contribution in [3.05, 3.63) is 42.3 Å². The summed E-state index contributed by atoms with van der Waals surface area (Å²) < 4.78 is 1.37. The second-order valence-electron chi connectivity index (χ2n) is 3.91. The molecule has 17 heavy (non-hydrogen) atoms. The molecule has 0 bridgehead atoms. The molecule has 0 aliphatic heterocycles. The standard InChI is InChI=1S/C13H16INS2/c1-2-15-12(10-8-13(14)17-9-10)6-5-11-4-3-7-16-11/h3-4,7-9,12,15H,2,5-6H2,1H3. The lowest BCUT2D eigenvalue weighted by Gasteiger charge is -2.16. The van der Waals surface area contributed by atoms with Crippen LogP contribution in [0.1, 0.15) is 29.8 Å². The van der Waals surface area contributed by atoms with Crippen molar-refractivity contribution in [1.82, 2.24) is 5.32 Å². The molecule has 0 spiro atoms. The Morgan fingerprint density at radius 2 is 2.29 bits per heavy atom. The number of hydrogen-bond donors (Lipinski definition) is 1. The Hall–Kier alpha value is 0.0900. The van der Waals surface area contributed by atoms with Gasteiger partial charge in [0.1, 0.15) is 0 Å². The topological polar surface area (TPSA) is 12.0 Å². The summed E-state index contributed by atoms with van der Waals surface area (Å²) in [4.78, 5) is 1.48. The Morgan fingerprint density at radius 1 is 1.41 bits per heavy atom. The summed E-state index contributed by atoms with van der Waals surface area (Å²) in [6.45, 7) is 3.21. The summed E-state index contributed by atoms with van der Waals surface area (Å²) in [5.74, 6) is 0. The first kappa shape index (κ1) is 13.5. The molecule has 4 heteroatoms. The monoisotopic (exact) mass is 377 g/mol. The molecule has 0 radical (unpaired) electrons. The van der Waals surface area contributed by atoms with Crippen LogP contribution in [0, 0.1) is 2.88 Å². The maximum atomic E-state index is 3.58. The van der Waals surface area contributed by atoms with Crippen molar-refractivity contribution >= 4 is 45.3 Å². The van der Waals surface area contributed by atoms with Crippen molar-refractivity contribution in [2.45, 2.75) is 25.8 Å². The highest BCUT2D eigenvalue weighted by molar-refractivity contribution is 14.1. The van der Waals surface area contributed by atoms with E-state index in [1.807, 2.05) is 22.7 Å². The van der Waals surface area contributed by atoms with E-state index in [4.69, 9.17) is 0 Å². The number of rotatable bonds is 6. The molecule has 0 aliphatic rings. The van der Waals surface area contributed by atoms with Gasteiger partial charge in [-0.05, 0) is 70.4 Å². The summed E-state index contributed by atoms with van der Waals surface area (Å²) in [6, 6.07) is 7.16.